The average molecular weight is 511 g/mol. The lowest BCUT2D eigenvalue weighted by Gasteiger charge is -2.31. The van der Waals surface area contributed by atoms with Crippen LogP contribution in [0.5, 0.6) is 0 Å². The van der Waals surface area contributed by atoms with E-state index in [0.717, 1.165) is 21.4 Å². The van der Waals surface area contributed by atoms with Gasteiger partial charge in [-0.2, -0.15) is 0 Å². The maximum atomic E-state index is 13.4. The first kappa shape index (κ1) is 24.1. The number of nitrogens with zero attached hydrogens (tertiary/aromatic N) is 1. The van der Waals surface area contributed by atoms with E-state index in [9.17, 15) is 9.59 Å². The Kier molecular flexibility index (Phi) is 9.38. The number of likely N-dealkylation sites (N-methyl/N-ethyl adjacent to an activating group) is 1. The van der Waals surface area contributed by atoms with Gasteiger partial charge in [0.05, 0.1) is 5.75 Å². The van der Waals surface area contributed by atoms with Crippen molar-refractivity contribution in [2.45, 2.75) is 24.8 Å². The standard InChI is InChI=1S/C26H27BrN2O2S/c1-28-26(31)24(16-20-9-4-2-5-10-20)29(17-22-13-8-14-23(27)15-22)25(30)19-32-18-21-11-6-3-7-12-21/h2-15,24H,16-19H2,1H3,(H,28,31)/t24-/m1/s1. The molecule has 6 heteroatoms. The molecule has 166 valence electrons. The summed E-state index contributed by atoms with van der Waals surface area (Å²) in [6.45, 7) is 0.370. The van der Waals surface area contributed by atoms with E-state index in [1.807, 2.05) is 72.8 Å². The minimum Gasteiger partial charge on any atom is -0.357 e. The summed E-state index contributed by atoms with van der Waals surface area (Å²) < 4.78 is 0.945. The molecule has 0 fully saturated rings. The Bertz CT molecular complexity index is 1010. The number of thioether (sulfide) groups is 1. The number of rotatable bonds is 10. The number of hydrogen-bond donors (Lipinski definition) is 1. The highest BCUT2D eigenvalue weighted by atomic mass is 79.9. The van der Waals surface area contributed by atoms with Crippen LogP contribution in [0.25, 0.3) is 0 Å². The van der Waals surface area contributed by atoms with E-state index in [1.54, 1.807) is 23.7 Å². The lowest BCUT2D eigenvalue weighted by atomic mass is 10.0. The van der Waals surface area contributed by atoms with Gasteiger partial charge in [-0.15, -0.1) is 11.8 Å². The summed E-state index contributed by atoms with van der Waals surface area (Å²) in [7, 11) is 1.62. The lowest BCUT2D eigenvalue weighted by molar-refractivity contribution is -0.139. The van der Waals surface area contributed by atoms with Crippen molar-refractivity contribution in [3.05, 3.63) is 106 Å². The van der Waals surface area contributed by atoms with E-state index in [1.165, 1.54) is 5.56 Å². The topological polar surface area (TPSA) is 49.4 Å². The molecule has 0 spiro atoms. The van der Waals surface area contributed by atoms with Crippen LogP contribution in [0, 0.1) is 0 Å². The van der Waals surface area contributed by atoms with Crippen LogP contribution in [-0.2, 0) is 28.3 Å². The number of halogens is 1. The van der Waals surface area contributed by atoms with Gasteiger partial charge in [-0.25, -0.2) is 0 Å². The summed E-state index contributed by atoms with van der Waals surface area (Å²) in [6, 6.07) is 27.2. The van der Waals surface area contributed by atoms with Crippen LogP contribution in [0.15, 0.2) is 89.4 Å². The zero-order chi connectivity index (χ0) is 22.8. The molecule has 0 saturated carbocycles. The van der Waals surface area contributed by atoms with Crippen LogP contribution in [0.2, 0.25) is 0 Å². The molecule has 3 aromatic rings. The predicted molar refractivity (Wildman–Crippen MR) is 135 cm³/mol. The van der Waals surface area contributed by atoms with Gasteiger partial charge in [-0.1, -0.05) is 88.7 Å². The zero-order valence-corrected chi connectivity index (χ0v) is 20.4. The van der Waals surface area contributed by atoms with Gasteiger partial charge < -0.3 is 10.2 Å². The highest BCUT2D eigenvalue weighted by molar-refractivity contribution is 9.10. The maximum absolute atomic E-state index is 13.4. The van der Waals surface area contributed by atoms with E-state index in [2.05, 4.69) is 33.4 Å². The summed E-state index contributed by atoms with van der Waals surface area (Å²) in [5.41, 5.74) is 3.17. The van der Waals surface area contributed by atoms with Crippen molar-refractivity contribution < 1.29 is 9.59 Å². The van der Waals surface area contributed by atoms with Gasteiger partial charge in [-0.05, 0) is 28.8 Å². The predicted octanol–water partition coefficient (Wildman–Crippen LogP) is 5.07. The first-order valence-electron chi connectivity index (χ1n) is 10.5. The Morgan fingerprint density at radius 3 is 2.16 bits per heavy atom. The number of nitrogens with one attached hydrogen (secondary N) is 1. The smallest absolute Gasteiger partial charge is 0.242 e. The second kappa shape index (κ2) is 12.5. The SMILES string of the molecule is CNC(=O)[C@@H](Cc1ccccc1)N(Cc1cccc(Br)c1)C(=O)CSCc1ccccc1. The van der Waals surface area contributed by atoms with Crippen LogP contribution in [-0.4, -0.2) is 35.6 Å². The summed E-state index contributed by atoms with van der Waals surface area (Å²) >= 11 is 5.07. The van der Waals surface area contributed by atoms with E-state index in [0.29, 0.717) is 18.7 Å². The maximum Gasteiger partial charge on any atom is 0.242 e. The Hall–Kier alpha value is -2.57. The number of carbonyl (C=O) groups excluding carboxylic acids is 2. The van der Waals surface area contributed by atoms with Gasteiger partial charge in [-0.3, -0.25) is 9.59 Å². The van der Waals surface area contributed by atoms with Crippen molar-refractivity contribution in [1.29, 1.82) is 0 Å². The molecule has 0 aromatic heterocycles. The molecular formula is C26H27BrN2O2S. The van der Waals surface area contributed by atoms with Crippen LogP contribution >= 0.6 is 27.7 Å². The first-order valence-corrected chi connectivity index (χ1v) is 12.4. The minimum atomic E-state index is -0.591. The molecule has 0 heterocycles. The fourth-order valence-electron chi connectivity index (χ4n) is 3.47. The second-order valence-corrected chi connectivity index (χ2v) is 9.35. The fraction of sp³-hybridized carbons (Fsp3) is 0.231. The first-order chi connectivity index (χ1) is 15.6. The zero-order valence-electron chi connectivity index (χ0n) is 18.0. The highest BCUT2D eigenvalue weighted by Crippen LogP contribution is 2.20. The van der Waals surface area contributed by atoms with Gasteiger partial charge in [0, 0.05) is 30.2 Å². The molecule has 0 aliphatic heterocycles. The molecule has 0 aliphatic carbocycles. The summed E-state index contributed by atoms with van der Waals surface area (Å²) in [4.78, 5) is 28.0. The summed E-state index contributed by atoms with van der Waals surface area (Å²) in [6.07, 6.45) is 0.462. The molecule has 2 amide bonds. The number of benzene rings is 3. The average Bonchev–Trinajstić information content (AvgIpc) is 2.82. The van der Waals surface area contributed by atoms with E-state index >= 15 is 0 Å². The molecule has 1 N–H and O–H groups in total. The van der Waals surface area contributed by atoms with E-state index in [4.69, 9.17) is 0 Å². The number of hydrogen-bond acceptors (Lipinski definition) is 3. The third-order valence-corrected chi connectivity index (χ3v) is 6.58. The van der Waals surface area contributed by atoms with E-state index < -0.39 is 6.04 Å². The molecule has 1 atom stereocenters. The number of amides is 2. The van der Waals surface area contributed by atoms with Crippen LogP contribution < -0.4 is 5.32 Å². The molecule has 0 unspecified atom stereocenters. The molecular weight excluding hydrogens is 484 g/mol. The summed E-state index contributed by atoms with van der Waals surface area (Å²) in [5.74, 6) is 0.854. The Morgan fingerprint density at radius 2 is 1.53 bits per heavy atom. The van der Waals surface area contributed by atoms with Gasteiger partial charge in [0.25, 0.3) is 0 Å². The quantitative estimate of drug-likeness (QED) is 0.414. The summed E-state index contributed by atoms with van der Waals surface area (Å²) in [5, 5.41) is 2.75. The molecule has 3 aromatic carbocycles. The van der Waals surface area contributed by atoms with E-state index in [-0.39, 0.29) is 11.8 Å². The van der Waals surface area contributed by atoms with Crippen molar-refractivity contribution in [3.8, 4) is 0 Å². The molecule has 4 nitrogen and oxygen atoms in total. The molecule has 32 heavy (non-hydrogen) atoms. The third-order valence-electron chi connectivity index (χ3n) is 5.10. The van der Waals surface area contributed by atoms with Gasteiger partial charge in [0.1, 0.15) is 6.04 Å². The Labute approximate surface area is 202 Å². The van der Waals surface area contributed by atoms with Crippen molar-refractivity contribution >= 4 is 39.5 Å². The van der Waals surface area contributed by atoms with Gasteiger partial charge in [0.2, 0.25) is 11.8 Å². The monoisotopic (exact) mass is 510 g/mol. The van der Waals surface area contributed by atoms with Crippen LogP contribution in [0.3, 0.4) is 0 Å². The second-order valence-electron chi connectivity index (χ2n) is 7.45. The molecule has 0 saturated heterocycles. The highest BCUT2D eigenvalue weighted by Gasteiger charge is 2.29. The van der Waals surface area contributed by atoms with Crippen molar-refractivity contribution in [1.82, 2.24) is 10.2 Å². The lowest BCUT2D eigenvalue weighted by Crippen LogP contribution is -2.50. The molecule has 0 radical (unpaired) electrons. The molecule has 0 aliphatic rings. The van der Waals surface area contributed by atoms with Crippen molar-refractivity contribution in [3.63, 3.8) is 0 Å². The largest absolute Gasteiger partial charge is 0.357 e. The fourth-order valence-corrected chi connectivity index (χ4v) is 4.78. The van der Waals surface area contributed by atoms with Gasteiger partial charge >= 0.3 is 0 Å². The normalized spacial score (nSPS) is 11.6. The van der Waals surface area contributed by atoms with Crippen molar-refractivity contribution in [2.75, 3.05) is 12.8 Å². The minimum absolute atomic E-state index is 0.0459. The number of carbonyl (C=O) groups is 2. The third kappa shape index (κ3) is 7.24. The van der Waals surface area contributed by atoms with Crippen molar-refractivity contribution in [2.24, 2.45) is 0 Å². The van der Waals surface area contributed by atoms with Gasteiger partial charge in [0.15, 0.2) is 0 Å². The Balaban J connectivity index is 1.81. The molecule has 0 bridgehead atoms. The molecule has 3 rings (SSSR count). The van der Waals surface area contributed by atoms with Crippen LogP contribution in [0.1, 0.15) is 16.7 Å². The Morgan fingerprint density at radius 1 is 0.906 bits per heavy atom. The van der Waals surface area contributed by atoms with Crippen LogP contribution in [0.4, 0.5) is 0 Å².